The van der Waals surface area contributed by atoms with E-state index < -0.39 is 5.54 Å². The van der Waals surface area contributed by atoms with Gasteiger partial charge in [-0.2, -0.15) is 0 Å². The fraction of sp³-hybridized carbons (Fsp3) is 0.500. The van der Waals surface area contributed by atoms with E-state index in [-0.39, 0.29) is 29.7 Å². The highest BCUT2D eigenvalue weighted by Gasteiger charge is 2.57. The zero-order valence-corrected chi connectivity index (χ0v) is 20.3. The first-order valence-corrected chi connectivity index (χ1v) is 12.8. The first-order valence-electron chi connectivity index (χ1n) is 12.8. The Morgan fingerprint density at radius 1 is 1.11 bits per heavy atom. The van der Waals surface area contributed by atoms with Gasteiger partial charge in [-0.15, -0.1) is 0 Å². The van der Waals surface area contributed by atoms with Crippen LogP contribution in [0.3, 0.4) is 0 Å². The van der Waals surface area contributed by atoms with Gasteiger partial charge in [-0.25, -0.2) is 9.18 Å². The molecule has 0 radical (unpaired) electrons. The molecule has 1 aliphatic carbocycles. The predicted molar refractivity (Wildman–Crippen MR) is 132 cm³/mol. The number of urea groups is 1. The van der Waals surface area contributed by atoms with Crippen molar-refractivity contribution in [2.45, 2.75) is 63.5 Å². The van der Waals surface area contributed by atoms with Gasteiger partial charge in [0, 0.05) is 19.0 Å². The first-order chi connectivity index (χ1) is 16.9. The summed E-state index contributed by atoms with van der Waals surface area (Å²) in [4.78, 5) is 31.0. The average Bonchev–Trinajstić information content (AvgIpc) is 3.59. The van der Waals surface area contributed by atoms with Crippen molar-refractivity contribution in [3.63, 3.8) is 0 Å². The summed E-state index contributed by atoms with van der Waals surface area (Å²) in [7, 11) is 0. The number of likely N-dealkylation sites (tertiary alicyclic amines) is 1. The Kier molecular flexibility index (Phi) is 6.78. The molecule has 3 fully saturated rings. The molecule has 1 aromatic carbocycles. The largest absolute Gasteiger partial charge is 0.465 e. The van der Waals surface area contributed by atoms with Gasteiger partial charge in [0.2, 0.25) is 0 Å². The highest BCUT2D eigenvalue weighted by molar-refractivity contribution is 6.07. The molecule has 5 rings (SSSR count). The van der Waals surface area contributed by atoms with Gasteiger partial charge in [-0.3, -0.25) is 14.6 Å². The molecule has 6 nitrogen and oxygen atoms in total. The van der Waals surface area contributed by atoms with Gasteiger partial charge in [0.05, 0.1) is 6.26 Å². The van der Waals surface area contributed by atoms with E-state index in [0.29, 0.717) is 6.42 Å². The highest BCUT2D eigenvalue weighted by atomic mass is 19.1. The van der Waals surface area contributed by atoms with Crippen LogP contribution in [0, 0.1) is 11.7 Å². The van der Waals surface area contributed by atoms with Gasteiger partial charge >= 0.3 is 6.03 Å². The van der Waals surface area contributed by atoms with Crippen LogP contribution in [0.25, 0.3) is 6.08 Å². The smallest absolute Gasteiger partial charge is 0.325 e. The van der Waals surface area contributed by atoms with Crippen molar-refractivity contribution in [3.05, 3.63) is 65.4 Å². The van der Waals surface area contributed by atoms with Crippen LogP contribution in [0.15, 0.2) is 52.7 Å². The molecule has 0 unspecified atom stereocenters. The molecule has 0 bridgehead atoms. The van der Waals surface area contributed by atoms with E-state index >= 15 is 0 Å². The SMILES string of the molecule is C/C(=C\c1ccco1)CN1CCC([C@@]2(Cc3ccc(F)cc3)NC(=O)N(C3CCCC3)C2=O)CC1. The standard InChI is InChI=1S/C28H34FN3O3/c1-20(17-25-7-4-16-35-25)19-31-14-12-22(13-15-31)28(18-21-8-10-23(29)11-9-21)26(33)32(27(34)30-28)24-5-2-3-6-24/h4,7-11,16-17,22,24H,2-3,5-6,12-15,18-19H2,1H3,(H,30,34)/b20-17+/t28-/m1/s1. The van der Waals surface area contributed by atoms with Crippen LogP contribution in [-0.4, -0.2) is 53.0 Å². The van der Waals surface area contributed by atoms with Gasteiger partial charge in [0.25, 0.3) is 5.91 Å². The Balaban J connectivity index is 1.33. The van der Waals surface area contributed by atoms with Crippen molar-refractivity contribution in [2.24, 2.45) is 5.92 Å². The Hall–Kier alpha value is -2.93. The molecule has 1 atom stereocenters. The fourth-order valence-corrected chi connectivity index (χ4v) is 6.17. The third-order valence-corrected chi connectivity index (χ3v) is 7.92. The molecule has 186 valence electrons. The van der Waals surface area contributed by atoms with Crippen molar-refractivity contribution in [2.75, 3.05) is 19.6 Å². The average molecular weight is 480 g/mol. The molecule has 0 spiro atoms. The van der Waals surface area contributed by atoms with E-state index in [2.05, 4.69) is 23.2 Å². The zero-order chi connectivity index (χ0) is 24.4. The van der Waals surface area contributed by atoms with E-state index in [9.17, 15) is 14.0 Å². The van der Waals surface area contributed by atoms with E-state index in [1.54, 1.807) is 18.4 Å². The molecule has 35 heavy (non-hydrogen) atoms. The van der Waals surface area contributed by atoms with Gasteiger partial charge < -0.3 is 9.73 Å². The predicted octanol–water partition coefficient (Wildman–Crippen LogP) is 5.01. The molecule has 2 saturated heterocycles. The second-order valence-electron chi connectivity index (χ2n) is 10.4. The molecular weight excluding hydrogens is 445 g/mol. The van der Waals surface area contributed by atoms with Crippen LogP contribution in [0.5, 0.6) is 0 Å². The summed E-state index contributed by atoms with van der Waals surface area (Å²) in [6.45, 7) is 4.65. The maximum atomic E-state index is 14.0. The molecule has 2 aromatic rings. The summed E-state index contributed by atoms with van der Waals surface area (Å²) < 4.78 is 19.0. The first kappa shape index (κ1) is 23.8. The third kappa shape index (κ3) is 4.92. The van der Waals surface area contributed by atoms with Crippen LogP contribution in [-0.2, 0) is 11.2 Å². The number of nitrogens with zero attached hydrogens (tertiary/aromatic N) is 2. The van der Waals surface area contributed by atoms with Gasteiger partial charge in [-0.05, 0) is 87.5 Å². The van der Waals surface area contributed by atoms with Gasteiger partial charge in [0.1, 0.15) is 17.1 Å². The Morgan fingerprint density at radius 2 is 1.83 bits per heavy atom. The van der Waals surface area contributed by atoms with Crippen LogP contribution < -0.4 is 5.32 Å². The van der Waals surface area contributed by atoms with E-state index in [1.807, 2.05) is 12.1 Å². The van der Waals surface area contributed by atoms with Crippen LogP contribution in [0.4, 0.5) is 9.18 Å². The summed E-state index contributed by atoms with van der Waals surface area (Å²) in [6.07, 6.45) is 9.63. The number of imide groups is 1. The van der Waals surface area contributed by atoms with Crippen LogP contribution in [0.1, 0.15) is 56.8 Å². The molecule has 1 aromatic heterocycles. The number of piperidine rings is 1. The second-order valence-corrected chi connectivity index (χ2v) is 10.4. The molecule has 3 amide bonds. The Morgan fingerprint density at radius 3 is 2.49 bits per heavy atom. The number of rotatable bonds is 7. The quantitative estimate of drug-likeness (QED) is 0.567. The monoisotopic (exact) mass is 479 g/mol. The fourth-order valence-electron chi connectivity index (χ4n) is 6.17. The summed E-state index contributed by atoms with van der Waals surface area (Å²) >= 11 is 0. The topological polar surface area (TPSA) is 65.8 Å². The summed E-state index contributed by atoms with van der Waals surface area (Å²) in [5.74, 6) is 0.484. The number of benzene rings is 1. The summed E-state index contributed by atoms with van der Waals surface area (Å²) in [5.41, 5.74) is 1.12. The number of amides is 3. The minimum absolute atomic E-state index is 0.00734. The number of carbonyl (C=O) groups is 2. The molecule has 2 aliphatic heterocycles. The minimum Gasteiger partial charge on any atom is -0.465 e. The zero-order valence-electron chi connectivity index (χ0n) is 20.3. The minimum atomic E-state index is -0.970. The normalized spacial score (nSPS) is 25.0. The third-order valence-electron chi connectivity index (χ3n) is 7.92. The number of furan rings is 1. The van der Waals surface area contributed by atoms with Crippen molar-refractivity contribution < 1.29 is 18.4 Å². The number of hydrogen-bond donors (Lipinski definition) is 1. The lowest BCUT2D eigenvalue weighted by atomic mass is 9.73. The van der Waals surface area contributed by atoms with E-state index in [0.717, 1.165) is 69.5 Å². The molecular formula is C28H34FN3O3. The molecule has 3 heterocycles. The maximum absolute atomic E-state index is 14.0. The van der Waals surface area contributed by atoms with Crippen molar-refractivity contribution in [3.8, 4) is 0 Å². The lowest BCUT2D eigenvalue weighted by Crippen LogP contribution is -2.58. The number of hydrogen-bond acceptors (Lipinski definition) is 4. The summed E-state index contributed by atoms with van der Waals surface area (Å²) in [5, 5.41) is 3.16. The van der Waals surface area contributed by atoms with Crippen LogP contribution >= 0.6 is 0 Å². The number of halogens is 1. The molecule has 1 N–H and O–H groups in total. The Labute approximate surface area is 206 Å². The number of carbonyl (C=O) groups excluding carboxylic acids is 2. The second kappa shape index (κ2) is 9.97. The summed E-state index contributed by atoms with van der Waals surface area (Å²) in [6, 6.07) is 9.87. The van der Waals surface area contributed by atoms with Gasteiger partial charge in [-0.1, -0.05) is 30.5 Å². The van der Waals surface area contributed by atoms with E-state index in [4.69, 9.17) is 4.42 Å². The molecule has 1 saturated carbocycles. The highest BCUT2D eigenvalue weighted by Crippen LogP contribution is 2.39. The molecule has 7 heteroatoms. The molecule has 3 aliphatic rings. The van der Waals surface area contributed by atoms with Gasteiger partial charge in [0.15, 0.2) is 0 Å². The van der Waals surface area contributed by atoms with Crippen LogP contribution in [0.2, 0.25) is 0 Å². The van der Waals surface area contributed by atoms with Crippen molar-refractivity contribution in [1.82, 2.24) is 15.1 Å². The number of nitrogens with one attached hydrogen (secondary N) is 1. The van der Waals surface area contributed by atoms with E-state index in [1.165, 1.54) is 22.6 Å². The lowest BCUT2D eigenvalue weighted by Gasteiger charge is -2.41. The van der Waals surface area contributed by atoms with Crippen molar-refractivity contribution in [1.29, 1.82) is 0 Å². The Bertz CT molecular complexity index is 1070. The maximum Gasteiger partial charge on any atom is 0.325 e. The van der Waals surface area contributed by atoms with Crippen molar-refractivity contribution >= 4 is 18.0 Å². The lowest BCUT2D eigenvalue weighted by molar-refractivity contribution is -0.135.